The summed E-state index contributed by atoms with van der Waals surface area (Å²) in [5.41, 5.74) is 5.85. The van der Waals surface area contributed by atoms with Crippen molar-refractivity contribution in [2.24, 2.45) is 5.92 Å². The molecule has 0 radical (unpaired) electrons. The standard InChI is InChI=1S/C30H33N3O3/c1-32(2)16-19-17-33-25-15-22(30(34)35)11-12-23(25)26(20-7-4-3-5-8-20)28(33)24-13-10-21-9-6-14-31-27(21)29(24)36-18-19/h6,9-15,19-20H,3-5,7-8,16-18H2,1-2H3,(H,34,35). The number of hydrogen-bond donors (Lipinski definition) is 1. The average molecular weight is 484 g/mol. The van der Waals surface area contributed by atoms with Crippen LogP contribution in [-0.4, -0.2) is 52.8 Å². The predicted octanol–water partition coefficient (Wildman–Crippen LogP) is 6.17. The van der Waals surface area contributed by atoms with Crippen molar-refractivity contribution in [2.75, 3.05) is 27.2 Å². The number of pyridine rings is 1. The molecule has 186 valence electrons. The van der Waals surface area contributed by atoms with Gasteiger partial charge in [-0.25, -0.2) is 4.79 Å². The van der Waals surface area contributed by atoms with Gasteiger partial charge in [0.25, 0.3) is 0 Å². The molecule has 0 amide bonds. The second-order valence-corrected chi connectivity index (χ2v) is 10.7. The molecule has 3 heterocycles. The maximum atomic E-state index is 12.0. The number of benzene rings is 2. The topological polar surface area (TPSA) is 67.6 Å². The number of nitrogens with zero attached hydrogens (tertiary/aromatic N) is 3. The summed E-state index contributed by atoms with van der Waals surface area (Å²) in [4.78, 5) is 18.9. The molecule has 6 heteroatoms. The summed E-state index contributed by atoms with van der Waals surface area (Å²) < 4.78 is 9.01. The molecule has 0 bridgehead atoms. The zero-order valence-corrected chi connectivity index (χ0v) is 21.0. The van der Waals surface area contributed by atoms with Crippen LogP contribution in [0.4, 0.5) is 0 Å². The summed E-state index contributed by atoms with van der Waals surface area (Å²) in [5.74, 6) is 0.652. The second kappa shape index (κ2) is 9.25. The van der Waals surface area contributed by atoms with E-state index in [2.05, 4.69) is 41.8 Å². The van der Waals surface area contributed by atoms with Crippen LogP contribution in [0.25, 0.3) is 33.1 Å². The molecule has 6 nitrogen and oxygen atoms in total. The number of aromatic nitrogens is 2. The van der Waals surface area contributed by atoms with Gasteiger partial charge in [-0.1, -0.05) is 37.5 Å². The molecular formula is C30H33N3O3. The summed E-state index contributed by atoms with van der Waals surface area (Å²) in [5, 5.41) is 12.1. The van der Waals surface area contributed by atoms with Crippen LogP contribution in [0.1, 0.15) is 53.9 Å². The van der Waals surface area contributed by atoms with Crippen molar-refractivity contribution in [3.8, 4) is 17.0 Å². The lowest BCUT2D eigenvalue weighted by Crippen LogP contribution is -2.31. The first-order valence-corrected chi connectivity index (χ1v) is 13.1. The Morgan fingerprint density at radius 3 is 2.75 bits per heavy atom. The highest BCUT2D eigenvalue weighted by Crippen LogP contribution is 2.48. The first kappa shape index (κ1) is 23.0. The predicted molar refractivity (Wildman–Crippen MR) is 143 cm³/mol. The van der Waals surface area contributed by atoms with E-state index in [0.29, 0.717) is 18.1 Å². The van der Waals surface area contributed by atoms with Crippen LogP contribution >= 0.6 is 0 Å². The molecule has 1 atom stereocenters. The Morgan fingerprint density at radius 1 is 1.14 bits per heavy atom. The number of rotatable bonds is 4. The number of carboxylic acid groups (broad SMARTS) is 1. The molecule has 1 aliphatic heterocycles. The summed E-state index contributed by atoms with van der Waals surface area (Å²) in [7, 11) is 4.18. The maximum absolute atomic E-state index is 12.0. The molecule has 6 rings (SSSR count). The molecule has 2 aromatic heterocycles. The zero-order chi connectivity index (χ0) is 24.8. The third-order valence-corrected chi connectivity index (χ3v) is 7.87. The second-order valence-electron chi connectivity index (χ2n) is 10.7. The Morgan fingerprint density at radius 2 is 1.97 bits per heavy atom. The molecular weight excluding hydrogens is 450 g/mol. The van der Waals surface area contributed by atoms with Crippen molar-refractivity contribution in [3.63, 3.8) is 0 Å². The van der Waals surface area contributed by atoms with E-state index in [1.165, 1.54) is 35.9 Å². The minimum Gasteiger partial charge on any atom is -0.490 e. The van der Waals surface area contributed by atoms with Gasteiger partial charge in [0.05, 0.1) is 17.9 Å². The van der Waals surface area contributed by atoms with E-state index in [1.54, 1.807) is 6.07 Å². The minimum atomic E-state index is -0.888. The van der Waals surface area contributed by atoms with Crippen molar-refractivity contribution in [2.45, 2.75) is 44.6 Å². The van der Waals surface area contributed by atoms with Gasteiger partial charge in [-0.3, -0.25) is 4.98 Å². The van der Waals surface area contributed by atoms with Crippen molar-refractivity contribution < 1.29 is 14.6 Å². The van der Waals surface area contributed by atoms with Gasteiger partial charge in [-0.15, -0.1) is 0 Å². The fourth-order valence-corrected chi connectivity index (χ4v) is 6.38. The molecule has 1 saturated carbocycles. The monoisotopic (exact) mass is 483 g/mol. The quantitative estimate of drug-likeness (QED) is 0.376. The highest BCUT2D eigenvalue weighted by Gasteiger charge is 2.31. The van der Waals surface area contributed by atoms with Gasteiger partial charge in [0.1, 0.15) is 5.52 Å². The molecule has 0 saturated heterocycles. The Bertz CT molecular complexity index is 1450. The van der Waals surface area contributed by atoms with Gasteiger partial charge in [-0.05, 0) is 62.7 Å². The average Bonchev–Trinajstić information content (AvgIpc) is 3.18. The van der Waals surface area contributed by atoms with E-state index >= 15 is 0 Å². The van der Waals surface area contributed by atoms with E-state index in [4.69, 9.17) is 9.72 Å². The third kappa shape index (κ3) is 3.94. The summed E-state index contributed by atoms with van der Waals surface area (Å²) in [6.07, 6.45) is 7.91. The lowest BCUT2D eigenvalue weighted by molar-refractivity contribution is 0.0697. The fourth-order valence-electron chi connectivity index (χ4n) is 6.38. The number of fused-ring (bicyclic) bond motifs is 7. The lowest BCUT2D eigenvalue weighted by Gasteiger charge is -2.29. The number of ether oxygens (including phenoxy) is 1. The number of aromatic carboxylic acids is 1. The van der Waals surface area contributed by atoms with Gasteiger partial charge >= 0.3 is 5.97 Å². The van der Waals surface area contributed by atoms with Crippen molar-refractivity contribution >= 4 is 27.8 Å². The first-order valence-electron chi connectivity index (χ1n) is 13.1. The molecule has 0 spiro atoms. The van der Waals surface area contributed by atoms with Gasteiger partial charge in [0.15, 0.2) is 5.75 Å². The lowest BCUT2D eigenvalue weighted by atomic mass is 9.81. The molecule has 1 fully saturated rings. The zero-order valence-electron chi connectivity index (χ0n) is 21.0. The van der Waals surface area contributed by atoms with E-state index in [9.17, 15) is 9.90 Å². The Labute approximate surface area is 211 Å². The molecule has 1 unspecified atom stereocenters. The van der Waals surface area contributed by atoms with Crippen molar-refractivity contribution in [1.29, 1.82) is 0 Å². The maximum Gasteiger partial charge on any atom is 0.335 e. The van der Waals surface area contributed by atoms with Gasteiger partial charge in [0, 0.05) is 47.1 Å². The number of carbonyl (C=O) groups is 1. The smallest absolute Gasteiger partial charge is 0.335 e. The first-order chi connectivity index (χ1) is 17.5. The molecule has 2 aliphatic rings. The Balaban J connectivity index is 1.69. The van der Waals surface area contributed by atoms with E-state index in [0.717, 1.165) is 53.7 Å². The van der Waals surface area contributed by atoms with Crippen LogP contribution in [0, 0.1) is 5.92 Å². The Kier molecular flexibility index (Phi) is 5.92. The SMILES string of the molecule is CN(C)CC1COc2c(ccc3cccnc23)-c2c(C3CCCCC3)c3ccc(C(=O)O)cc3n2C1. The van der Waals surface area contributed by atoms with Crippen LogP contribution in [0.3, 0.4) is 0 Å². The fraction of sp³-hybridized carbons (Fsp3) is 0.400. The Hall–Kier alpha value is -3.38. The molecule has 36 heavy (non-hydrogen) atoms. The molecule has 1 N–H and O–H groups in total. The largest absolute Gasteiger partial charge is 0.490 e. The van der Waals surface area contributed by atoms with E-state index in [1.807, 2.05) is 24.4 Å². The van der Waals surface area contributed by atoms with Crippen LogP contribution in [0.2, 0.25) is 0 Å². The summed E-state index contributed by atoms with van der Waals surface area (Å²) in [6, 6.07) is 14.0. The van der Waals surface area contributed by atoms with Crippen molar-refractivity contribution in [3.05, 3.63) is 59.8 Å². The highest BCUT2D eigenvalue weighted by atomic mass is 16.5. The van der Waals surface area contributed by atoms with E-state index < -0.39 is 5.97 Å². The third-order valence-electron chi connectivity index (χ3n) is 7.87. The number of hydrogen-bond acceptors (Lipinski definition) is 4. The minimum absolute atomic E-state index is 0.245. The number of carboxylic acids is 1. The molecule has 2 aromatic carbocycles. The van der Waals surface area contributed by atoms with Gasteiger partial charge < -0.3 is 19.3 Å². The summed E-state index contributed by atoms with van der Waals surface area (Å²) >= 11 is 0. The van der Waals surface area contributed by atoms with Crippen LogP contribution in [0.15, 0.2) is 48.7 Å². The van der Waals surface area contributed by atoms with Crippen LogP contribution < -0.4 is 4.74 Å². The summed E-state index contributed by atoms with van der Waals surface area (Å²) in [6.45, 7) is 2.24. The highest BCUT2D eigenvalue weighted by molar-refractivity contribution is 6.00. The van der Waals surface area contributed by atoms with Gasteiger partial charge in [-0.2, -0.15) is 0 Å². The molecule has 1 aliphatic carbocycles. The van der Waals surface area contributed by atoms with Crippen LogP contribution in [-0.2, 0) is 6.54 Å². The van der Waals surface area contributed by atoms with Crippen LogP contribution in [0.5, 0.6) is 5.75 Å². The van der Waals surface area contributed by atoms with Crippen molar-refractivity contribution in [1.82, 2.24) is 14.5 Å². The normalized spacial score (nSPS) is 18.5. The van der Waals surface area contributed by atoms with Gasteiger partial charge in [0.2, 0.25) is 0 Å². The molecule has 4 aromatic rings. The van der Waals surface area contributed by atoms with E-state index in [-0.39, 0.29) is 5.92 Å².